The van der Waals surface area contributed by atoms with E-state index in [4.69, 9.17) is 17.3 Å². The second-order valence-corrected chi connectivity index (χ2v) is 7.35. The van der Waals surface area contributed by atoms with E-state index in [9.17, 15) is 9.59 Å². The van der Waals surface area contributed by atoms with E-state index in [0.29, 0.717) is 34.1 Å². The van der Waals surface area contributed by atoms with Crippen LogP contribution < -0.4 is 17.0 Å². The monoisotopic (exact) mass is 400 g/mol. The molecule has 0 bridgehead atoms. The summed E-state index contributed by atoms with van der Waals surface area (Å²) in [5.74, 6) is 0.583. The van der Waals surface area contributed by atoms with Crippen LogP contribution in [0.5, 0.6) is 0 Å². The van der Waals surface area contributed by atoms with Gasteiger partial charge in [0.05, 0.1) is 12.6 Å². The molecule has 0 aliphatic rings. The van der Waals surface area contributed by atoms with Gasteiger partial charge in [-0.2, -0.15) is 0 Å². The van der Waals surface area contributed by atoms with Gasteiger partial charge in [0, 0.05) is 35.7 Å². The van der Waals surface area contributed by atoms with Crippen molar-refractivity contribution in [2.75, 3.05) is 0 Å². The molecule has 1 unspecified atom stereocenters. The molecule has 0 fully saturated rings. The van der Waals surface area contributed by atoms with Gasteiger partial charge < -0.3 is 15.3 Å². The number of aromatic amines is 1. The van der Waals surface area contributed by atoms with Crippen LogP contribution in [-0.4, -0.2) is 23.7 Å². The fourth-order valence-electron chi connectivity index (χ4n) is 3.55. The van der Waals surface area contributed by atoms with E-state index in [-0.39, 0.29) is 12.6 Å². The summed E-state index contributed by atoms with van der Waals surface area (Å²) < 4.78 is 4.27. The highest BCUT2D eigenvalue weighted by Gasteiger charge is 2.21. The summed E-state index contributed by atoms with van der Waals surface area (Å²) in [5, 5.41) is 1.46. The molecule has 0 amide bonds. The van der Waals surface area contributed by atoms with Crippen molar-refractivity contribution in [1.82, 2.24) is 23.7 Å². The van der Waals surface area contributed by atoms with Gasteiger partial charge in [-0.25, -0.2) is 9.78 Å². The second-order valence-electron chi connectivity index (χ2n) is 6.94. The molecule has 9 heteroatoms. The summed E-state index contributed by atoms with van der Waals surface area (Å²) in [7, 11) is 3.36. The number of aryl methyl sites for hydroxylation is 2. The van der Waals surface area contributed by atoms with Crippen molar-refractivity contribution in [3.63, 3.8) is 0 Å². The van der Waals surface area contributed by atoms with Crippen LogP contribution in [0.15, 0.2) is 33.9 Å². The Labute approximate surface area is 165 Å². The van der Waals surface area contributed by atoms with Gasteiger partial charge in [0.15, 0.2) is 11.2 Å². The quantitative estimate of drug-likeness (QED) is 0.547. The Bertz CT molecular complexity index is 1330. The summed E-state index contributed by atoms with van der Waals surface area (Å²) in [6.45, 7) is 2.05. The molecule has 28 heavy (non-hydrogen) atoms. The SMILES string of the molecule is CCC(N)c1nc2c(c(=O)n(Cc3cc4c(Cl)cccc4[nH]3)c(=O)n2C)n1C. The molecule has 8 nitrogen and oxygen atoms in total. The molecule has 4 rings (SSSR count). The van der Waals surface area contributed by atoms with E-state index in [1.165, 1.54) is 9.13 Å². The van der Waals surface area contributed by atoms with Crippen LogP contribution in [0.3, 0.4) is 0 Å². The molecule has 146 valence electrons. The first-order chi connectivity index (χ1) is 13.3. The Balaban J connectivity index is 1.91. The first kappa shape index (κ1) is 18.5. The van der Waals surface area contributed by atoms with Crippen LogP contribution in [-0.2, 0) is 20.6 Å². The summed E-state index contributed by atoms with van der Waals surface area (Å²) >= 11 is 6.23. The van der Waals surface area contributed by atoms with Gasteiger partial charge in [-0.3, -0.25) is 13.9 Å². The van der Waals surface area contributed by atoms with E-state index in [1.54, 1.807) is 24.7 Å². The molecule has 0 saturated carbocycles. The van der Waals surface area contributed by atoms with Gasteiger partial charge >= 0.3 is 5.69 Å². The minimum absolute atomic E-state index is 0.104. The average molecular weight is 401 g/mol. The molecule has 0 aliphatic carbocycles. The molecule has 0 spiro atoms. The zero-order valence-electron chi connectivity index (χ0n) is 15.9. The average Bonchev–Trinajstić information content (AvgIpc) is 3.25. The number of aromatic nitrogens is 5. The van der Waals surface area contributed by atoms with E-state index >= 15 is 0 Å². The molecular formula is C19H21ClN6O2. The number of hydrogen-bond acceptors (Lipinski definition) is 4. The predicted molar refractivity (Wildman–Crippen MR) is 110 cm³/mol. The molecule has 1 aromatic carbocycles. The molecule has 0 radical (unpaired) electrons. The van der Waals surface area contributed by atoms with Crippen LogP contribution in [0.2, 0.25) is 5.02 Å². The lowest BCUT2D eigenvalue weighted by Gasteiger charge is -2.09. The Kier molecular flexibility index (Phi) is 4.40. The highest BCUT2D eigenvalue weighted by Crippen LogP contribution is 2.24. The van der Waals surface area contributed by atoms with E-state index in [0.717, 1.165) is 10.9 Å². The third-order valence-electron chi connectivity index (χ3n) is 5.16. The topological polar surface area (TPSA) is 104 Å². The van der Waals surface area contributed by atoms with Gasteiger partial charge in [-0.1, -0.05) is 24.6 Å². The minimum Gasteiger partial charge on any atom is -0.357 e. The maximum absolute atomic E-state index is 13.1. The van der Waals surface area contributed by atoms with Crippen molar-refractivity contribution < 1.29 is 0 Å². The lowest BCUT2D eigenvalue weighted by Crippen LogP contribution is -2.39. The van der Waals surface area contributed by atoms with Gasteiger partial charge in [0.2, 0.25) is 0 Å². The van der Waals surface area contributed by atoms with Crippen LogP contribution in [0, 0.1) is 0 Å². The van der Waals surface area contributed by atoms with Gasteiger partial charge in [-0.05, 0) is 24.6 Å². The maximum atomic E-state index is 13.1. The van der Waals surface area contributed by atoms with Crippen molar-refractivity contribution in [3.05, 3.63) is 61.6 Å². The molecule has 0 aliphatic heterocycles. The number of halogens is 1. The third kappa shape index (κ3) is 2.68. The molecule has 4 aromatic rings. The molecule has 3 heterocycles. The third-order valence-corrected chi connectivity index (χ3v) is 5.49. The summed E-state index contributed by atoms with van der Waals surface area (Å²) in [4.78, 5) is 33.7. The Morgan fingerprint density at radius 2 is 2.00 bits per heavy atom. The fraction of sp³-hybridized carbons (Fsp3) is 0.316. The molecule has 1 atom stereocenters. The van der Waals surface area contributed by atoms with Crippen molar-refractivity contribution in [1.29, 1.82) is 0 Å². The smallest absolute Gasteiger partial charge is 0.332 e. The zero-order valence-corrected chi connectivity index (χ0v) is 16.6. The maximum Gasteiger partial charge on any atom is 0.332 e. The number of fused-ring (bicyclic) bond motifs is 2. The lowest BCUT2D eigenvalue weighted by molar-refractivity contribution is 0.621. The van der Waals surface area contributed by atoms with Gasteiger partial charge in [-0.15, -0.1) is 0 Å². The zero-order chi connectivity index (χ0) is 20.2. The number of hydrogen-bond donors (Lipinski definition) is 2. The second kappa shape index (κ2) is 6.65. The van der Waals surface area contributed by atoms with Crippen molar-refractivity contribution in [2.24, 2.45) is 19.8 Å². The Morgan fingerprint density at radius 3 is 2.68 bits per heavy atom. The normalized spacial score (nSPS) is 12.9. The number of nitrogens with two attached hydrogens (primary N) is 1. The Morgan fingerprint density at radius 1 is 1.25 bits per heavy atom. The molecular weight excluding hydrogens is 380 g/mol. The van der Waals surface area contributed by atoms with Gasteiger partial charge in [0.1, 0.15) is 5.82 Å². The number of benzene rings is 1. The van der Waals surface area contributed by atoms with Crippen LogP contribution in [0.1, 0.15) is 30.9 Å². The number of nitrogens with zero attached hydrogens (tertiary/aromatic N) is 4. The Hall–Kier alpha value is -2.84. The first-order valence-electron chi connectivity index (χ1n) is 9.01. The van der Waals surface area contributed by atoms with E-state index < -0.39 is 11.2 Å². The van der Waals surface area contributed by atoms with Crippen molar-refractivity contribution in [2.45, 2.75) is 25.9 Å². The highest BCUT2D eigenvalue weighted by atomic mass is 35.5. The molecule has 0 saturated heterocycles. The fourth-order valence-corrected chi connectivity index (χ4v) is 3.77. The van der Waals surface area contributed by atoms with Crippen LogP contribution >= 0.6 is 11.6 Å². The van der Waals surface area contributed by atoms with Crippen LogP contribution in [0.25, 0.3) is 22.1 Å². The van der Waals surface area contributed by atoms with E-state index in [2.05, 4.69) is 9.97 Å². The van der Waals surface area contributed by atoms with Crippen LogP contribution in [0.4, 0.5) is 0 Å². The number of nitrogens with one attached hydrogen (secondary N) is 1. The molecule has 3 N–H and O–H groups in total. The predicted octanol–water partition coefficient (Wildman–Crippen LogP) is 2.03. The summed E-state index contributed by atoms with van der Waals surface area (Å²) in [6, 6.07) is 7.09. The largest absolute Gasteiger partial charge is 0.357 e. The number of imidazole rings is 1. The van der Waals surface area contributed by atoms with E-state index in [1.807, 2.05) is 25.1 Å². The minimum atomic E-state index is -0.433. The summed E-state index contributed by atoms with van der Waals surface area (Å²) in [5.41, 5.74) is 7.56. The summed E-state index contributed by atoms with van der Waals surface area (Å²) in [6.07, 6.45) is 0.676. The van der Waals surface area contributed by atoms with Crippen molar-refractivity contribution >= 4 is 33.7 Å². The lowest BCUT2D eigenvalue weighted by atomic mass is 10.2. The highest BCUT2D eigenvalue weighted by molar-refractivity contribution is 6.35. The first-order valence-corrected chi connectivity index (χ1v) is 9.39. The van der Waals surface area contributed by atoms with Gasteiger partial charge in [0.25, 0.3) is 5.56 Å². The standard InChI is InChI=1S/C19H21ClN6O2/c1-4-13(21)16-23-17-15(24(16)2)18(27)26(19(28)25(17)3)9-10-8-11-12(20)6-5-7-14(11)22-10/h5-8,13,22H,4,9,21H2,1-3H3. The molecule has 3 aromatic heterocycles. The number of rotatable bonds is 4. The number of H-pyrrole nitrogens is 1. The van der Waals surface area contributed by atoms with Crippen molar-refractivity contribution in [3.8, 4) is 0 Å².